The lowest BCUT2D eigenvalue weighted by molar-refractivity contribution is -0.119. The van der Waals surface area contributed by atoms with Crippen molar-refractivity contribution in [2.75, 3.05) is 25.3 Å². The number of aliphatic imine (C=N–C) groups is 2. The van der Waals surface area contributed by atoms with Gasteiger partial charge in [0.15, 0.2) is 5.17 Å². The monoisotopic (exact) mass is 452 g/mol. The molecule has 0 fully saturated rings. The number of nitrogens with one attached hydrogen (secondary N) is 1. The minimum atomic E-state index is -0.389. The Bertz CT molecular complexity index is 1090. The number of nitrogens with zero attached hydrogens (tertiary/aromatic N) is 3. The molecule has 2 aromatic rings. The van der Waals surface area contributed by atoms with Gasteiger partial charge in [-0.05, 0) is 18.6 Å². The Kier molecular flexibility index (Phi) is 6.45. The molecule has 2 aliphatic rings. The molecular formula is C23H24N4O4S. The van der Waals surface area contributed by atoms with Crippen molar-refractivity contribution in [1.82, 2.24) is 4.90 Å². The standard InChI is InChI=1S/C23H24N4O4S/c1-4-7-19-22(29)26-21-17-8-5-6-9-18(17)25-23(27(19)21)32-13-20(28)24-14-10-15(30-2)12-16(11-14)31-3/h5-6,8-12,19H,4,7,13H2,1-3H3,(H,24,28). The predicted molar refractivity (Wildman–Crippen MR) is 126 cm³/mol. The highest BCUT2D eigenvalue weighted by molar-refractivity contribution is 8.14. The van der Waals surface area contributed by atoms with Crippen molar-refractivity contribution in [3.8, 4) is 11.5 Å². The summed E-state index contributed by atoms with van der Waals surface area (Å²) in [6.07, 6.45) is 1.51. The minimum Gasteiger partial charge on any atom is -0.497 e. The van der Waals surface area contributed by atoms with Crippen molar-refractivity contribution in [2.24, 2.45) is 9.98 Å². The third kappa shape index (κ3) is 4.34. The Labute approximate surface area is 190 Å². The van der Waals surface area contributed by atoms with Crippen LogP contribution in [0, 0.1) is 0 Å². The second-order valence-corrected chi connectivity index (χ2v) is 8.24. The largest absolute Gasteiger partial charge is 0.497 e. The van der Waals surface area contributed by atoms with Gasteiger partial charge in [-0.25, -0.2) is 4.99 Å². The number of benzene rings is 2. The number of methoxy groups -OCH3 is 2. The lowest BCUT2D eigenvalue weighted by Gasteiger charge is -2.30. The lowest BCUT2D eigenvalue weighted by Crippen LogP contribution is -2.43. The summed E-state index contributed by atoms with van der Waals surface area (Å²) in [6.45, 7) is 2.03. The number of carbonyl (C=O) groups excluding carboxylic acids is 2. The molecule has 166 valence electrons. The average molecular weight is 453 g/mol. The SMILES string of the molecule is CCCC1C(=O)N=C2c3ccccc3N=C(SCC(=O)Nc3cc(OC)cc(OC)c3)N21. The van der Waals surface area contributed by atoms with E-state index in [4.69, 9.17) is 14.5 Å². The predicted octanol–water partition coefficient (Wildman–Crippen LogP) is 3.83. The van der Waals surface area contributed by atoms with Crippen LogP contribution in [0.25, 0.3) is 0 Å². The normalized spacial score (nSPS) is 16.7. The fourth-order valence-corrected chi connectivity index (χ4v) is 4.50. The molecule has 0 aromatic heterocycles. The van der Waals surface area contributed by atoms with E-state index in [9.17, 15) is 9.59 Å². The molecule has 4 rings (SSSR count). The van der Waals surface area contributed by atoms with Gasteiger partial charge in [0.2, 0.25) is 5.91 Å². The molecule has 2 aromatic carbocycles. The zero-order valence-corrected chi connectivity index (χ0v) is 18.9. The maximum absolute atomic E-state index is 12.7. The molecule has 1 N–H and O–H groups in total. The highest BCUT2D eigenvalue weighted by Gasteiger charge is 2.41. The van der Waals surface area contributed by atoms with Crippen LogP contribution in [0.2, 0.25) is 0 Å². The molecule has 0 bridgehead atoms. The zero-order valence-electron chi connectivity index (χ0n) is 18.1. The summed E-state index contributed by atoms with van der Waals surface area (Å²) in [7, 11) is 3.11. The summed E-state index contributed by atoms with van der Waals surface area (Å²) in [5.41, 5.74) is 2.15. The highest BCUT2D eigenvalue weighted by Crippen LogP contribution is 2.35. The third-order valence-corrected chi connectivity index (χ3v) is 6.09. The van der Waals surface area contributed by atoms with Gasteiger partial charge in [0.25, 0.3) is 5.91 Å². The molecular weight excluding hydrogens is 428 g/mol. The van der Waals surface area contributed by atoms with E-state index in [1.54, 1.807) is 32.4 Å². The quantitative estimate of drug-likeness (QED) is 0.686. The molecule has 1 unspecified atom stereocenters. The van der Waals surface area contributed by atoms with Crippen LogP contribution in [0.4, 0.5) is 11.4 Å². The molecule has 0 saturated carbocycles. The van der Waals surface area contributed by atoms with Crippen molar-refractivity contribution in [2.45, 2.75) is 25.8 Å². The number of carbonyl (C=O) groups is 2. The fourth-order valence-electron chi connectivity index (χ4n) is 3.66. The van der Waals surface area contributed by atoms with Gasteiger partial charge >= 0.3 is 0 Å². The molecule has 2 amide bonds. The first-order chi connectivity index (χ1) is 15.5. The zero-order chi connectivity index (χ0) is 22.7. The van der Waals surface area contributed by atoms with Gasteiger partial charge in [0.05, 0.1) is 25.7 Å². The van der Waals surface area contributed by atoms with E-state index in [0.29, 0.717) is 34.6 Å². The van der Waals surface area contributed by atoms with Gasteiger partial charge < -0.3 is 14.8 Å². The maximum Gasteiger partial charge on any atom is 0.270 e. The van der Waals surface area contributed by atoms with E-state index in [2.05, 4.69) is 10.3 Å². The summed E-state index contributed by atoms with van der Waals surface area (Å²) in [6, 6.07) is 12.4. The van der Waals surface area contributed by atoms with Crippen LogP contribution in [-0.4, -0.2) is 53.7 Å². The van der Waals surface area contributed by atoms with Crippen molar-refractivity contribution < 1.29 is 19.1 Å². The molecule has 0 saturated heterocycles. The number of fused-ring (bicyclic) bond motifs is 3. The number of para-hydroxylation sites is 1. The van der Waals surface area contributed by atoms with Crippen LogP contribution in [0.1, 0.15) is 25.3 Å². The number of rotatable bonds is 7. The number of amides is 2. The molecule has 2 heterocycles. The Morgan fingerprint density at radius 2 is 1.84 bits per heavy atom. The van der Waals surface area contributed by atoms with Gasteiger partial charge in [-0.2, -0.15) is 4.99 Å². The Hall–Kier alpha value is -3.33. The van der Waals surface area contributed by atoms with Crippen LogP contribution >= 0.6 is 11.8 Å². The van der Waals surface area contributed by atoms with Gasteiger partial charge in [-0.1, -0.05) is 37.2 Å². The summed E-state index contributed by atoms with van der Waals surface area (Å²) in [5.74, 6) is 1.53. The number of thioether (sulfide) groups is 1. The molecule has 2 aliphatic heterocycles. The first kappa shape index (κ1) is 21.9. The van der Waals surface area contributed by atoms with Crippen LogP contribution < -0.4 is 14.8 Å². The molecule has 32 heavy (non-hydrogen) atoms. The van der Waals surface area contributed by atoms with Crippen molar-refractivity contribution in [3.05, 3.63) is 48.0 Å². The Balaban J connectivity index is 1.53. The van der Waals surface area contributed by atoms with E-state index in [1.807, 2.05) is 36.1 Å². The molecule has 8 nitrogen and oxygen atoms in total. The van der Waals surface area contributed by atoms with Gasteiger partial charge in [0.1, 0.15) is 23.4 Å². The Morgan fingerprint density at radius 3 is 2.53 bits per heavy atom. The van der Waals surface area contributed by atoms with Crippen LogP contribution in [0.5, 0.6) is 11.5 Å². The summed E-state index contributed by atoms with van der Waals surface area (Å²) in [4.78, 5) is 36.2. The first-order valence-corrected chi connectivity index (χ1v) is 11.3. The minimum absolute atomic E-state index is 0.122. The van der Waals surface area contributed by atoms with Gasteiger partial charge in [0, 0.05) is 29.4 Å². The number of anilines is 1. The first-order valence-electron chi connectivity index (χ1n) is 10.3. The topological polar surface area (TPSA) is 92.6 Å². The number of hydrogen-bond donors (Lipinski definition) is 1. The van der Waals surface area contributed by atoms with E-state index >= 15 is 0 Å². The summed E-state index contributed by atoms with van der Waals surface area (Å²) in [5, 5.41) is 3.47. The molecule has 0 spiro atoms. The summed E-state index contributed by atoms with van der Waals surface area (Å²) < 4.78 is 10.5. The van der Waals surface area contributed by atoms with E-state index in [-0.39, 0.29) is 23.6 Å². The van der Waals surface area contributed by atoms with E-state index in [0.717, 1.165) is 17.7 Å². The number of hydrogen-bond acceptors (Lipinski definition) is 7. The van der Waals surface area contributed by atoms with Gasteiger partial charge in [-0.15, -0.1) is 0 Å². The molecule has 0 radical (unpaired) electrons. The highest BCUT2D eigenvalue weighted by atomic mass is 32.2. The van der Waals surface area contributed by atoms with Crippen molar-refractivity contribution >= 4 is 46.0 Å². The maximum atomic E-state index is 12.7. The van der Waals surface area contributed by atoms with Crippen LogP contribution in [0.3, 0.4) is 0 Å². The second kappa shape index (κ2) is 9.44. The lowest BCUT2D eigenvalue weighted by atomic mass is 10.1. The van der Waals surface area contributed by atoms with Crippen molar-refractivity contribution in [1.29, 1.82) is 0 Å². The molecule has 0 aliphatic carbocycles. The molecule has 1 atom stereocenters. The number of ether oxygens (including phenoxy) is 2. The van der Waals surface area contributed by atoms with Crippen LogP contribution in [-0.2, 0) is 9.59 Å². The van der Waals surface area contributed by atoms with Gasteiger partial charge in [-0.3, -0.25) is 14.5 Å². The average Bonchev–Trinajstić information content (AvgIpc) is 3.13. The third-order valence-electron chi connectivity index (χ3n) is 5.14. The smallest absolute Gasteiger partial charge is 0.270 e. The molecule has 9 heteroatoms. The van der Waals surface area contributed by atoms with Crippen LogP contribution in [0.15, 0.2) is 52.4 Å². The second-order valence-electron chi connectivity index (χ2n) is 7.30. The number of amidine groups is 2. The van der Waals surface area contributed by atoms with Crippen molar-refractivity contribution in [3.63, 3.8) is 0 Å². The Morgan fingerprint density at radius 1 is 1.12 bits per heavy atom. The van der Waals surface area contributed by atoms with E-state index < -0.39 is 0 Å². The summed E-state index contributed by atoms with van der Waals surface area (Å²) >= 11 is 1.28. The van der Waals surface area contributed by atoms with E-state index in [1.165, 1.54) is 11.8 Å². The fraction of sp³-hybridized carbons (Fsp3) is 0.304.